The number of carbonyl (C=O) groups excluding carboxylic acids is 1. The number of aromatic nitrogens is 5. The van der Waals surface area contributed by atoms with Gasteiger partial charge in [0.2, 0.25) is 10.9 Å². The summed E-state index contributed by atoms with van der Waals surface area (Å²) in [5, 5.41) is 13.1. The molecule has 1 atom stereocenters. The third-order valence-corrected chi connectivity index (χ3v) is 7.01. The largest absolute Gasteiger partial charge is 0.443 e. The highest BCUT2D eigenvalue weighted by Gasteiger charge is 2.39. The van der Waals surface area contributed by atoms with Gasteiger partial charge in [-0.05, 0) is 12.1 Å². The summed E-state index contributed by atoms with van der Waals surface area (Å²) in [6.07, 6.45) is -7.23. The zero-order valence-corrected chi connectivity index (χ0v) is 21.0. The molecule has 4 heterocycles. The van der Waals surface area contributed by atoms with Gasteiger partial charge in [0.05, 0.1) is 12.6 Å². The van der Waals surface area contributed by atoms with E-state index < -0.39 is 35.7 Å². The predicted octanol–water partition coefficient (Wildman–Crippen LogP) is 3.67. The number of aliphatic hydroxyl groups is 1. The van der Waals surface area contributed by atoms with Gasteiger partial charge in [0.25, 0.3) is 0 Å². The Morgan fingerprint density at radius 2 is 1.87 bits per heavy atom. The van der Waals surface area contributed by atoms with Crippen molar-refractivity contribution in [1.29, 1.82) is 0 Å². The van der Waals surface area contributed by atoms with Crippen LogP contribution in [0.15, 0.2) is 24.7 Å². The molecule has 3 aromatic rings. The maximum Gasteiger partial charge on any atom is 0.443 e. The van der Waals surface area contributed by atoms with Gasteiger partial charge in [-0.15, -0.1) is 0 Å². The van der Waals surface area contributed by atoms with Gasteiger partial charge in [-0.25, -0.2) is 14.6 Å². The van der Waals surface area contributed by atoms with E-state index in [1.165, 1.54) is 20.8 Å². The van der Waals surface area contributed by atoms with E-state index in [2.05, 4.69) is 20.1 Å². The van der Waals surface area contributed by atoms with Crippen molar-refractivity contribution in [1.82, 2.24) is 29.6 Å². The summed E-state index contributed by atoms with van der Waals surface area (Å²) in [6.45, 7) is 3.40. The normalized spacial score (nSPS) is 16.9. The minimum absolute atomic E-state index is 0.0165. The van der Waals surface area contributed by atoms with Gasteiger partial charge >= 0.3 is 12.4 Å². The molecule has 1 amide bonds. The van der Waals surface area contributed by atoms with Crippen LogP contribution in [0.25, 0.3) is 11.3 Å². The van der Waals surface area contributed by atoms with Crippen LogP contribution in [-0.2, 0) is 23.7 Å². The first kappa shape index (κ1) is 27.8. The number of thiazole rings is 1. The number of pyridine rings is 1. The molecule has 0 spiro atoms. The third kappa shape index (κ3) is 5.90. The molecule has 38 heavy (non-hydrogen) atoms. The van der Waals surface area contributed by atoms with E-state index in [0.29, 0.717) is 23.2 Å². The van der Waals surface area contributed by atoms with Crippen LogP contribution in [0.2, 0.25) is 0 Å². The summed E-state index contributed by atoms with van der Waals surface area (Å²) < 4.78 is 80.7. The lowest BCUT2D eigenvalue weighted by Gasteiger charge is -2.41. The molecular formula is C22H23F6N7O2S. The highest BCUT2D eigenvalue weighted by molar-refractivity contribution is 7.16. The van der Waals surface area contributed by atoms with Gasteiger partial charge in [-0.2, -0.15) is 31.4 Å². The molecule has 0 unspecified atom stereocenters. The fraction of sp³-hybridized carbons (Fsp3) is 0.500. The Morgan fingerprint density at radius 3 is 2.42 bits per heavy atom. The van der Waals surface area contributed by atoms with Crippen molar-refractivity contribution < 1.29 is 36.2 Å². The second kappa shape index (κ2) is 10.5. The number of anilines is 1. The lowest BCUT2D eigenvalue weighted by Crippen LogP contribution is -2.57. The van der Waals surface area contributed by atoms with E-state index in [0.717, 1.165) is 12.3 Å². The molecule has 3 aromatic heterocycles. The van der Waals surface area contributed by atoms with Crippen molar-refractivity contribution in [2.24, 2.45) is 0 Å². The van der Waals surface area contributed by atoms with Crippen LogP contribution in [0, 0.1) is 0 Å². The van der Waals surface area contributed by atoms with Crippen LogP contribution < -0.4 is 4.90 Å². The molecule has 1 aliphatic heterocycles. The number of piperazine rings is 1. The monoisotopic (exact) mass is 563 g/mol. The molecule has 1 saturated heterocycles. The molecule has 1 fully saturated rings. The molecule has 4 rings (SSSR count). The molecule has 0 saturated carbocycles. The van der Waals surface area contributed by atoms with E-state index in [-0.39, 0.29) is 54.3 Å². The summed E-state index contributed by atoms with van der Waals surface area (Å²) in [5.41, 5.74) is -1.38. The van der Waals surface area contributed by atoms with E-state index in [1.807, 2.05) is 13.8 Å². The Balaban J connectivity index is 1.57. The Hall–Kier alpha value is -3.27. The average molecular weight is 564 g/mol. The topological polar surface area (TPSA) is 100 Å². The Labute approximate surface area is 216 Å². The number of amides is 1. The van der Waals surface area contributed by atoms with Crippen molar-refractivity contribution in [3.8, 4) is 11.3 Å². The van der Waals surface area contributed by atoms with Gasteiger partial charge in [-0.3, -0.25) is 9.78 Å². The Bertz CT molecular complexity index is 1270. The van der Waals surface area contributed by atoms with Crippen molar-refractivity contribution in [3.63, 3.8) is 0 Å². The van der Waals surface area contributed by atoms with Crippen molar-refractivity contribution in [2.75, 3.05) is 31.1 Å². The number of hydrogen-bond acceptors (Lipinski definition) is 8. The first-order chi connectivity index (χ1) is 17.8. The van der Waals surface area contributed by atoms with Gasteiger partial charge in [0.1, 0.15) is 29.3 Å². The van der Waals surface area contributed by atoms with Crippen LogP contribution in [0.1, 0.15) is 36.3 Å². The third-order valence-electron chi connectivity index (χ3n) is 5.85. The number of halogens is 6. The summed E-state index contributed by atoms with van der Waals surface area (Å²) in [6, 6.07) is 0.939. The standard InChI is InChI=1S/C22H23F6N7O2S/c1-12(2)18-30-11-34(32-18)9-16(37)35-6-5-33(8-14(35)10-36)19-17(31-20(38-19)22(26,27)28)13-3-4-15(29-7-13)21(23,24)25/h3-4,7,11-12,14,36H,5-6,8-10H2,1-2H3/t14-/m1/s1. The fourth-order valence-corrected chi connectivity index (χ4v) is 4.93. The van der Waals surface area contributed by atoms with E-state index >= 15 is 0 Å². The number of hydrogen-bond donors (Lipinski definition) is 1. The lowest BCUT2D eigenvalue weighted by atomic mass is 10.1. The van der Waals surface area contributed by atoms with Crippen LogP contribution in [0.3, 0.4) is 0 Å². The fourth-order valence-electron chi connectivity index (χ4n) is 3.94. The zero-order valence-electron chi connectivity index (χ0n) is 20.2. The molecule has 1 aliphatic rings. The number of carbonyl (C=O) groups is 1. The van der Waals surface area contributed by atoms with Crippen LogP contribution in [0.5, 0.6) is 0 Å². The minimum Gasteiger partial charge on any atom is -0.394 e. The summed E-state index contributed by atoms with van der Waals surface area (Å²) >= 11 is 0.340. The van der Waals surface area contributed by atoms with Gasteiger partial charge in [-0.1, -0.05) is 25.2 Å². The van der Waals surface area contributed by atoms with E-state index in [9.17, 15) is 36.2 Å². The predicted molar refractivity (Wildman–Crippen MR) is 124 cm³/mol. The lowest BCUT2D eigenvalue weighted by molar-refractivity contribution is -0.141. The second-order valence-electron chi connectivity index (χ2n) is 8.93. The minimum atomic E-state index is -4.78. The number of nitrogens with zero attached hydrogens (tertiary/aromatic N) is 7. The smallest absolute Gasteiger partial charge is 0.394 e. The zero-order chi connectivity index (χ0) is 27.8. The highest BCUT2D eigenvalue weighted by atomic mass is 32.1. The van der Waals surface area contributed by atoms with E-state index in [1.54, 1.807) is 0 Å². The van der Waals surface area contributed by atoms with Crippen LogP contribution in [0.4, 0.5) is 31.3 Å². The SMILES string of the molecule is CC(C)c1ncn(CC(=O)N2CCN(c3sc(C(F)(F)F)nc3-c3ccc(C(F)(F)F)nc3)C[C@@H]2CO)n1. The molecule has 0 radical (unpaired) electrons. The molecule has 0 aromatic carbocycles. The van der Waals surface area contributed by atoms with Gasteiger partial charge in [0.15, 0.2) is 5.82 Å². The number of alkyl halides is 6. The first-order valence-electron chi connectivity index (χ1n) is 11.4. The summed E-state index contributed by atoms with van der Waals surface area (Å²) in [7, 11) is 0. The van der Waals surface area contributed by atoms with Crippen molar-refractivity contribution >= 4 is 22.2 Å². The number of rotatable bonds is 6. The summed E-state index contributed by atoms with van der Waals surface area (Å²) in [5.74, 6) is 0.281. The van der Waals surface area contributed by atoms with Crippen LogP contribution in [-0.4, -0.2) is 72.9 Å². The van der Waals surface area contributed by atoms with Crippen LogP contribution >= 0.6 is 11.3 Å². The Morgan fingerprint density at radius 1 is 1.13 bits per heavy atom. The molecule has 16 heteroatoms. The van der Waals surface area contributed by atoms with E-state index in [4.69, 9.17) is 0 Å². The van der Waals surface area contributed by atoms with Gasteiger partial charge in [0, 0.05) is 37.3 Å². The molecule has 0 bridgehead atoms. The second-order valence-corrected chi connectivity index (χ2v) is 9.90. The van der Waals surface area contributed by atoms with Gasteiger partial charge < -0.3 is 14.9 Å². The maximum absolute atomic E-state index is 13.5. The molecule has 1 N–H and O–H groups in total. The molecular weight excluding hydrogens is 540 g/mol. The van der Waals surface area contributed by atoms with Crippen molar-refractivity contribution in [3.05, 3.63) is 41.2 Å². The summed E-state index contributed by atoms with van der Waals surface area (Å²) in [4.78, 5) is 27.1. The molecule has 206 valence electrons. The first-order valence-corrected chi connectivity index (χ1v) is 12.3. The number of aliphatic hydroxyl groups excluding tert-OH is 1. The average Bonchev–Trinajstić information content (AvgIpc) is 3.51. The quantitative estimate of drug-likeness (QED) is 0.457. The molecule has 9 nitrogen and oxygen atoms in total. The Kier molecular flexibility index (Phi) is 7.65. The molecule has 0 aliphatic carbocycles. The maximum atomic E-state index is 13.5. The van der Waals surface area contributed by atoms with Crippen molar-refractivity contribution in [2.45, 2.75) is 44.7 Å². The highest BCUT2D eigenvalue weighted by Crippen LogP contribution is 2.43.